The number of rotatable bonds is 6. The van der Waals surface area contributed by atoms with Crippen molar-refractivity contribution in [3.8, 4) is 11.1 Å². The maximum absolute atomic E-state index is 12.2. The molecule has 28 heavy (non-hydrogen) atoms. The second kappa shape index (κ2) is 8.17. The van der Waals surface area contributed by atoms with E-state index in [1.54, 1.807) is 12.1 Å². The van der Waals surface area contributed by atoms with E-state index in [9.17, 15) is 19.7 Å². The van der Waals surface area contributed by atoms with Crippen molar-refractivity contribution in [1.82, 2.24) is 4.57 Å². The van der Waals surface area contributed by atoms with Gasteiger partial charge in [-0.25, -0.2) is 4.79 Å². The second-order valence-corrected chi connectivity index (χ2v) is 5.99. The van der Waals surface area contributed by atoms with E-state index in [0.717, 1.165) is 17.2 Å². The summed E-state index contributed by atoms with van der Waals surface area (Å²) >= 11 is 0. The first kappa shape index (κ1) is 18.8. The van der Waals surface area contributed by atoms with Crippen molar-refractivity contribution in [2.24, 2.45) is 7.05 Å². The van der Waals surface area contributed by atoms with E-state index in [2.05, 4.69) is 5.32 Å². The van der Waals surface area contributed by atoms with Crippen LogP contribution in [-0.4, -0.2) is 28.0 Å². The van der Waals surface area contributed by atoms with Gasteiger partial charge in [-0.1, -0.05) is 48.5 Å². The molecule has 1 aromatic heterocycles. The van der Waals surface area contributed by atoms with Crippen LogP contribution in [-0.2, 0) is 16.6 Å². The highest BCUT2D eigenvalue weighted by molar-refractivity contribution is 5.98. The zero-order valence-corrected chi connectivity index (χ0v) is 15.0. The lowest BCUT2D eigenvalue weighted by Crippen LogP contribution is -2.22. The van der Waals surface area contributed by atoms with E-state index in [4.69, 9.17) is 4.74 Å². The van der Waals surface area contributed by atoms with Gasteiger partial charge in [0, 0.05) is 24.4 Å². The third-order valence-electron chi connectivity index (χ3n) is 4.03. The summed E-state index contributed by atoms with van der Waals surface area (Å²) in [5, 5.41) is 13.5. The van der Waals surface area contributed by atoms with Gasteiger partial charge in [-0.2, -0.15) is 0 Å². The van der Waals surface area contributed by atoms with Crippen LogP contribution in [0.15, 0.2) is 66.9 Å². The number of aryl methyl sites for hydroxylation is 1. The second-order valence-electron chi connectivity index (χ2n) is 5.99. The van der Waals surface area contributed by atoms with Gasteiger partial charge in [0.2, 0.25) is 0 Å². The summed E-state index contributed by atoms with van der Waals surface area (Å²) < 4.78 is 6.27. The van der Waals surface area contributed by atoms with Crippen LogP contribution in [0.4, 0.5) is 11.4 Å². The number of carbonyl (C=O) groups excluding carboxylic acids is 2. The molecule has 0 aliphatic carbocycles. The minimum atomic E-state index is -0.818. The van der Waals surface area contributed by atoms with E-state index in [1.165, 1.54) is 17.8 Å². The Morgan fingerprint density at radius 1 is 1.11 bits per heavy atom. The zero-order valence-electron chi connectivity index (χ0n) is 15.0. The van der Waals surface area contributed by atoms with E-state index in [-0.39, 0.29) is 11.4 Å². The van der Waals surface area contributed by atoms with Gasteiger partial charge in [0.15, 0.2) is 6.61 Å². The minimum absolute atomic E-state index is 0.0100. The Morgan fingerprint density at radius 2 is 1.79 bits per heavy atom. The molecule has 8 heteroatoms. The van der Waals surface area contributed by atoms with Gasteiger partial charge in [0.25, 0.3) is 11.6 Å². The van der Waals surface area contributed by atoms with Crippen molar-refractivity contribution in [2.75, 3.05) is 11.9 Å². The number of hydrogen-bond acceptors (Lipinski definition) is 5. The minimum Gasteiger partial charge on any atom is -0.451 e. The van der Waals surface area contributed by atoms with Gasteiger partial charge in [-0.15, -0.1) is 0 Å². The zero-order chi connectivity index (χ0) is 20.1. The first-order valence-corrected chi connectivity index (χ1v) is 8.38. The summed E-state index contributed by atoms with van der Waals surface area (Å²) in [6.45, 7) is -0.513. The first-order chi connectivity index (χ1) is 13.5. The molecule has 0 bridgehead atoms. The fourth-order valence-corrected chi connectivity index (χ4v) is 2.70. The summed E-state index contributed by atoms with van der Waals surface area (Å²) in [5.41, 5.74) is 2.12. The van der Waals surface area contributed by atoms with Crippen molar-refractivity contribution in [2.45, 2.75) is 0 Å². The van der Waals surface area contributed by atoms with Crippen LogP contribution in [0.25, 0.3) is 11.1 Å². The fourth-order valence-electron chi connectivity index (χ4n) is 2.70. The number of benzene rings is 2. The number of amides is 1. The Kier molecular flexibility index (Phi) is 5.50. The van der Waals surface area contributed by atoms with Gasteiger partial charge < -0.3 is 14.6 Å². The number of ether oxygens (including phenoxy) is 1. The summed E-state index contributed by atoms with van der Waals surface area (Å²) in [7, 11) is 1.49. The Balaban J connectivity index is 1.66. The number of esters is 1. The molecule has 0 aliphatic rings. The van der Waals surface area contributed by atoms with Crippen molar-refractivity contribution < 1.29 is 19.2 Å². The summed E-state index contributed by atoms with van der Waals surface area (Å²) in [6, 6.07) is 17.9. The molecule has 3 aromatic rings. The molecule has 2 aromatic carbocycles. The van der Waals surface area contributed by atoms with Crippen molar-refractivity contribution in [3.05, 3.63) is 82.7 Å². The SMILES string of the molecule is Cn1cc([N+](=O)[O-])cc1C(=O)OCC(=O)Nc1ccccc1-c1ccccc1. The standard InChI is InChI=1S/C20H17N3O5/c1-22-12-15(23(26)27)11-18(22)20(25)28-13-19(24)21-17-10-6-5-9-16(17)14-7-3-2-4-8-14/h2-12H,13H2,1H3,(H,21,24). The molecule has 0 spiro atoms. The third kappa shape index (κ3) is 4.24. The predicted octanol–water partition coefficient (Wildman–Crippen LogP) is 3.40. The molecule has 0 saturated heterocycles. The molecule has 3 rings (SSSR count). The van der Waals surface area contributed by atoms with Crippen LogP contribution >= 0.6 is 0 Å². The number of nitrogens with zero attached hydrogens (tertiary/aromatic N) is 2. The van der Waals surface area contributed by atoms with Gasteiger partial charge >= 0.3 is 5.97 Å². The van der Waals surface area contributed by atoms with Gasteiger partial charge in [-0.05, 0) is 11.6 Å². The highest BCUT2D eigenvalue weighted by Crippen LogP contribution is 2.27. The Morgan fingerprint density at radius 3 is 2.46 bits per heavy atom. The summed E-state index contributed by atoms with van der Waals surface area (Å²) in [5.74, 6) is -1.33. The molecule has 142 valence electrons. The lowest BCUT2D eigenvalue weighted by Gasteiger charge is -2.11. The Hall–Kier alpha value is -3.94. The van der Waals surface area contributed by atoms with Gasteiger partial charge in [0.05, 0.1) is 11.1 Å². The quantitative estimate of drug-likeness (QED) is 0.402. The maximum atomic E-state index is 12.2. The summed E-state index contributed by atoms with van der Waals surface area (Å²) in [6.07, 6.45) is 1.20. The number of anilines is 1. The number of para-hydroxylation sites is 1. The first-order valence-electron chi connectivity index (χ1n) is 8.38. The average Bonchev–Trinajstić information content (AvgIpc) is 3.09. The van der Waals surface area contributed by atoms with E-state index >= 15 is 0 Å². The van der Waals surface area contributed by atoms with Crippen molar-refractivity contribution in [1.29, 1.82) is 0 Å². The Bertz CT molecular complexity index is 1030. The highest BCUT2D eigenvalue weighted by atomic mass is 16.6. The average molecular weight is 379 g/mol. The molecule has 0 fully saturated rings. The van der Waals surface area contributed by atoms with Crippen LogP contribution in [0.2, 0.25) is 0 Å². The highest BCUT2D eigenvalue weighted by Gasteiger charge is 2.19. The topological polar surface area (TPSA) is 103 Å². The molecule has 0 radical (unpaired) electrons. The lowest BCUT2D eigenvalue weighted by molar-refractivity contribution is -0.384. The predicted molar refractivity (Wildman–Crippen MR) is 103 cm³/mol. The summed E-state index contributed by atoms with van der Waals surface area (Å²) in [4.78, 5) is 34.5. The van der Waals surface area contributed by atoms with Crippen LogP contribution in [0.3, 0.4) is 0 Å². The largest absolute Gasteiger partial charge is 0.451 e. The lowest BCUT2D eigenvalue weighted by atomic mass is 10.0. The number of nitrogens with one attached hydrogen (secondary N) is 1. The molecule has 0 unspecified atom stereocenters. The molecule has 8 nitrogen and oxygen atoms in total. The third-order valence-corrected chi connectivity index (χ3v) is 4.03. The number of nitro groups is 1. The molecule has 1 heterocycles. The van der Waals surface area contributed by atoms with E-state index < -0.39 is 23.4 Å². The van der Waals surface area contributed by atoms with Crippen molar-refractivity contribution in [3.63, 3.8) is 0 Å². The van der Waals surface area contributed by atoms with Crippen LogP contribution in [0.5, 0.6) is 0 Å². The number of hydrogen-bond donors (Lipinski definition) is 1. The number of aromatic nitrogens is 1. The molecule has 1 N–H and O–H groups in total. The molecular formula is C20H17N3O5. The fraction of sp³-hybridized carbons (Fsp3) is 0.100. The van der Waals surface area contributed by atoms with Gasteiger partial charge in [-0.3, -0.25) is 14.9 Å². The van der Waals surface area contributed by atoms with Crippen LogP contribution < -0.4 is 5.32 Å². The maximum Gasteiger partial charge on any atom is 0.355 e. The normalized spacial score (nSPS) is 10.3. The molecular weight excluding hydrogens is 362 g/mol. The number of carbonyl (C=O) groups is 2. The van der Waals surface area contributed by atoms with Crippen molar-refractivity contribution >= 4 is 23.3 Å². The molecule has 0 atom stereocenters. The Labute approximate surface area is 160 Å². The van der Waals surface area contributed by atoms with Gasteiger partial charge in [0.1, 0.15) is 5.69 Å². The van der Waals surface area contributed by atoms with Crippen LogP contribution in [0, 0.1) is 10.1 Å². The monoisotopic (exact) mass is 379 g/mol. The molecule has 0 saturated carbocycles. The van der Waals surface area contributed by atoms with E-state index in [1.807, 2.05) is 42.5 Å². The smallest absolute Gasteiger partial charge is 0.355 e. The van der Waals surface area contributed by atoms with Crippen LogP contribution in [0.1, 0.15) is 10.5 Å². The molecule has 0 aliphatic heterocycles. The molecule has 1 amide bonds. The van der Waals surface area contributed by atoms with E-state index in [0.29, 0.717) is 5.69 Å².